The van der Waals surface area contributed by atoms with Crippen LogP contribution < -0.4 is 4.90 Å². The highest BCUT2D eigenvalue weighted by molar-refractivity contribution is 7.12. The maximum atomic E-state index is 11.9. The molecule has 0 spiro atoms. The smallest absolute Gasteiger partial charge is 0.195 e. The van der Waals surface area contributed by atoms with E-state index in [9.17, 15) is 4.79 Å². The fourth-order valence-corrected chi connectivity index (χ4v) is 2.70. The largest absolute Gasteiger partial charge is 0.372 e. The summed E-state index contributed by atoms with van der Waals surface area (Å²) in [6.45, 7) is 6.30. The van der Waals surface area contributed by atoms with Crippen molar-refractivity contribution in [3.05, 3.63) is 58.3 Å². The highest BCUT2D eigenvalue weighted by atomic mass is 32.1. The molecule has 20 heavy (non-hydrogen) atoms. The van der Waals surface area contributed by atoms with E-state index in [0.717, 1.165) is 23.5 Å². The van der Waals surface area contributed by atoms with Gasteiger partial charge < -0.3 is 4.90 Å². The van der Waals surface area contributed by atoms with Gasteiger partial charge in [0.15, 0.2) is 5.78 Å². The lowest BCUT2D eigenvalue weighted by Crippen LogP contribution is -2.21. The number of rotatable bonds is 6. The maximum Gasteiger partial charge on any atom is 0.195 e. The van der Waals surface area contributed by atoms with Crippen LogP contribution in [0.5, 0.6) is 0 Å². The normalized spacial score (nSPS) is 10.9. The van der Waals surface area contributed by atoms with Gasteiger partial charge in [-0.05, 0) is 49.1 Å². The van der Waals surface area contributed by atoms with E-state index in [1.165, 1.54) is 17.0 Å². The van der Waals surface area contributed by atoms with Crippen LogP contribution in [-0.2, 0) is 0 Å². The average molecular weight is 285 g/mol. The van der Waals surface area contributed by atoms with Crippen LogP contribution in [0.1, 0.15) is 29.1 Å². The van der Waals surface area contributed by atoms with Gasteiger partial charge in [0.1, 0.15) is 0 Å². The summed E-state index contributed by atoms with van der Waals surface area (Å²) in [5.41, 5.74) is 2.27. The zero-order valence-corrected chi connectivity index (χ0v) is 12.7. The number of hydrogen-bond acceptors (Lipinski definition) is 3. The van der Waals surface area contributed by atoms with E-state index in [2.05, 4.69) is 30.9 Å². The number of anilines is 1. The lowest BCUT2D eigenvalue weighted by atomic mass is 10.1. The van der Waals surface area contributed by atoms with Crippen molar-refractivity contribution in [3.8, 4) is 0 Å². The molecule has 0 saturated carbocycles. The molecule has 0 atom stereocenters. The molecule has 0 aliphatic rings. The number of thiophene rings is 1. The van der Waals surface area contributed by atoms with E-state index >= 15 is 0 Å². The van der Waals surface area contributed by atoms with Crippen LogP contribution in [0.25, 0.3) is 6.08 Å². The molecule has 0 fully saturated rings. The molecule has 2 rings (SSSR count). The highest BCUT2D eigenvalue weighted by Crippen LogP contribution is 2.16. The number of benzene rings is 1. The monoisotopic (exact) mass is 285 g/mol. The van der Waals surface area contributed by atoms with Crippen LogP contribution in [0.15, 0.2) is 47.9 Å². The van der Waals surface area contributed by atoms with Gasteiger partial charge in [-0.1, -0.05) is 24.3 Å². The molecule has 0 bridgehead atoms. The Morgan fingerprint density at radius 2 is 1.85 bits per heavy atom. The molecule has 0 aliphatic carbocycles. The molecule has 0 N–H and O–H groups in total. The third kappa shape index (κ3) is 3.58. The van der Waals surface area contributed by atoms with Gasteiger partial charge in [-0.2, -0.15) is 0 Å². The van der Waals surface area contributed by atoms with Crippen LogP contribution in [0, 0.1) is 0 Å². The van der Waals surface area contributed by atoms with Crippen molar-refractivity contribution in [2.45, 2.75) is 13.8 Å². The molecule has 0 aliphatic heterocycles. The van der Waals surface area contributed by atoms with Gasteiger partial charge in [-0.15, -0.1) is 11.3 Å². The van der Waals surface area contributed by atoms with Gasteiger partial charge in [0.05, 0.1) is 4.88 Å². The van der Waals surface area contributed by atoms with Gasteiger partial charge in [-0.3, -0.25) is 4.79 Å². The molecule has 0 unspecified atom stereocenters. The molecule has 2 aromatic rings. The quantitative estimate of drug-likeness (QED) is 0.575. The second kappa shape index (κ2) is 7.06. The lowest BCUT2D eigenvalue weighted by Gasteiger charge is -2.20. The van der Waals surface area contributed by atoms with Gasteiger partial charge in [0.2, 0.25) is 0 Å². The Bertz CT molecular complexity index is 566. The minimum absolute atomic E-state index is 0.0628. The summed E-state index contributed by atoms with van der Waals surface area (Å²) in [5.74, 6) is 0.0628. The van der Waals surface area contributed by atoms with E-state index in [1.807, 2.05) is 35.7 Å². The third-order valence-corrected chi connectivity index (χ3v) is 4.10. The number of ketones is 1. The van der Waals surface area contributed by atoms with Crippen molar-refractivity contribution in [2.24, 2.45) is 0 Å². The SMILES string of the molecule is CCN(CC)c1ccc(C=CC(=O)c2cccs2)cc1. The predicted molar refractivity (Wildman–Crippen MR) is 87.7 cm³/mol. The topological polar surface area (TPSA) is 20.3 Å². The van der Waals surface area contributed by atoms with Crippen molar-refractivity contribution in [2.75, 3.05) is 18.0 Å². The summed E-state index contributed by atoms with van der Waals surface area (Å²) in [6.07, 6.45) is 3.51. The summed E-state index contributed by atoms with van der Waals surface area (Å²) in [5, 5.41) is 1.92. The van der Waals surface area contributed by atoms with Crippen LogP contribution in [0.3, 0.4) is 0 Å². The first-order valence-corrected chi connectivity index (χ1v) is 7.73. The molecule has 0 saturated heterocycles. The summed E-state index contributed by atoms with van der Waals surface area (Å²) >= 11 is 1.47. The molecule has 1 heterocycles. The van der Waals surface area contributed by atoms with E-state index in [-0.39, 0.29) is 5.78 Å². The molecule has 104 valence electrons. The average Bonchev–Trinajstić information content (AvgIpc) is 3.01. The molecule has 1 aromatic carbocycles. The Hall–Kier alpha value is -1.87. The van der Waals surface area contributed by atoms with Gasteiger partial charge >= 0.3 is 0 Å². The van der Waals surface area contributed by atoms with Crippen LogP contribution >= 0.6 is 11.3 Å². The molecule has 1 aromatic heterocycles. The second-order valence-electron chi connectivity index (χ2n) is 4.44. The summed E-state index contributed by atoms with van der Waals surface area (Å²) in [6, 6.07) is 12.0. The molecular weight excluding hydrogens is 266 g/mol. The van der Waals surface area contributed by atoms with E-state index in [4.69, 9.17) is 0 Å². The fourth-order valence-electron chi connectivity index (χ4n) is 2.06. The van der Waals surface area contributed by atoms with Gasteiger partial charge in [-0.25, -0.2) is 0 Å². The third-order valence-electron chi connectivity index (χ3n) is 3.21. The maximum absolute atomic E-state index is 11.9. The molecule has 2 nitrogen and oxygen atoms in total. The van der Waals surface area contributed by atoms with Crippen molar-refractivity contribution in [3.63, 3.8) is 0 Å². The van der Waals surface area contributed by atoms with Crippen LogP contribution in [0.4, 0.5) is 5.69 Å². The minimum atomic E-state index is 0.0628. The molecule has 0 radical (unpaired) electrons. The standard InChI is InChI=1S/C17H19NOS/c1-3-18(4-2)15-10-7-14(8-11-15)9-12-16(19)17-6-5-13-20-17/h5-13H,3-4H2,1-2H3. The van der Waals surface area contributed by atoms with Gasteiger partial charge in [0, 0.05) is 18.8 Å². The number of allylic oxidation sites excluding steroid dienone is 1. The van der Waals surface area contributed by atoms with E-state index in [1.54, 1.807) is 6.08 Å². The Morgan fingerprint density at radius 1 is 1.15 bits per heavy atom. The predicted octanol–water partition coefficient (Wildman–Crippen LogP) is 4.49. The summed E-state index contributed by atoms with van der Waals surface area (Å²) in [7, 11) is 0. The zero-order valence-electron chi connectivity index (χ0n) is 11.9. The Balaban J connectivity index is 2.05. The number of nitrogens with zero attached hydrogens (tertiary/aromatic N) is 1. The van der Waals surface area contributed by atoms with Crippen LogP contribution in [-0.4, -0.2) is 18.9 Å². The first-order valence-electron chi connectivity index (χ1n) is 6.85. The van der Waals surface area contributed by atoms with Crippen molar-refractivity contribution in [1.82, 2.24) is 0 Å². The molecule has 0 amide bonds. The first-order chi connectivity index (χ1) is 9.74. The zero-order chi connectivity index (χ0) is 14.4. The van der Waals surface area contributed by atoms with Gasteiger partial charge in [0.25, 0.3) is 0 Å². The lowest BCUT2D eigenvalue weighted by molar-refractivity contribution is 0.105. The Labute approximate surface area is 124 Å². The van der Waals surface area contributed by atoms with E-state index < -0.39 is 0 Å². The first kappa shape index (κ1) is 14.5. The molecule has 3 heteroatoms. The molecular formula is C17H19NOS. The number of hydrogen-bond donors (Lipinski definition) is 0. The van der Waals surface area contributed by atoms with Crippen molar-refractivity contribution in [1.29, 1.82) is 0 Å². The van der Waals surface area contributed by atoms with Crippen LogP contribution in [0.2, 0.25) is 0 Å². The number of carbonyl (C=O) groups excluding carboxylic acids is 1. The van der Waals surface area contributed by atoms with Crippen molar-refractivity contribution >= 4 is 28.9 Å². The summed E-state index contributed by atoms with van der Waals surface area (Å²) in [4.78, 5) is 14.9. The Kier molecular flexibility index (Phi) is 5.13. The summed E-state index contributed by atoms with van der Waals surface area (Å²) < 4.78 is 0. The van der Waals surface area contributed by atoms with E-state index in [0.29, 0.717) is 0 Å². The Morgan fingerprint density at radius 3 is 2.40 bits per heavy atom. The second-order valence-corrected chi connectivity index (χ2v) is 5.39. The minimum Gasteiger partial charge on any atom is -0.372 e. The fraction of sp³-hybridized carbons (Fsp3) is 0.235. The van der Waals surface area contributed by atoms with Crippen molar-refractivity contribution < 1.29 is 4.79 Å². The highest BCUT2D eigenvalue weighted by Gasteiger charge is 2.02. The number of carbonyl (C=O) groups is 1.